The van der Waals surface area contributed by atoms with Gasteiger partial charge in [0, 0.05) is 6.04 Å². The van der Waals surface area contributed by atoms with Crippen molar-refractivity contribution in [3.63, 3.8) is 0 Å². The van der Waals surface area contributed by atoms with Gasteiger partial charge in [-0.25, -0.2) is 0 Å². The van der Waals surface area contributed by atoms with E-state index in [9.17, 15) is 0 Å². The summed E-state index contributed by atoms with van der Waals surface area (Å²) < 4.78 is 5.35. The quantitative estimate of drug-likeness (QED) is 0.826. The van der Waals surface area contributed by atoms with Gasteiger partial charge >= 0.3 is 0 Å². The first-order valence-corrected chi connectivity index (χ1v) is 6.00. The molecule has 0 saturated heterocycles. The molecule has 2 heteroatoms. The van der Waals surface area contributed by atoms with Crippen LogP contribution in [0.2, 0.25) is 0 Å². The molecule has 16 heavy (non-hydrogen) atoms. The lowest BCUT2D eigenvalue weighted by molar-refractivity contribution is 0.408. The van der Waals surface area contributed by atoms with Crippen LogP contribution in [0.5, 0.6) is 5.75 Å². The lowest BCUT2D eigenvalue weighted by atomic mass is 9.97. The van der Waals surface area contributed by atoms with Gasteiger partial charge in [0.05, 0.1) is 7.11 Å². The van der Waals surface area contributed by atoms with Crippen LogP contribution in [0, 0.1) is 13.8 Å². The number of methoxy groups -OCH3 is 1. The first kappa shape index (κ1) is 13.0. The van der Waals surface area contributed by atoms with Gasteiger partial charge in [0.25, 0.3) is 0 Å². The monoisotopic (exact) mass is 221 g/mol. The van der Waals surface area contributed by atoms with Gasteiger partial charge in [0.1, 0.15) is 5.75 Å². The summed E-state index contributed by atoms with van der Waals surface area (Å²) in [7, 11) is 1.71. The minimum atomic E-state index is 0.156. The second kappa shape index (κ2) is 5.90. The van der Waals surface area contributed by atoms with E-state index in [0.29, 0.717) is 0 Å². The third kappa shape index (κ3) is 2.99. The Hall–Kier alpha value is -1.02. The van der Waals surface area contributed by atoms with Gasteiger partial charge in [-0.1, -0.05) is 31.9 Å². The first-order valence-electron chi connectivity index (χ1n) is 6.00. The fourth-order valence-electron chi connectivity index (χ4n) is 2.11. The zero-order valence-corrected chi connectivity index (χ0v) is 10.8. The fraction of sp³-hybridized carbons (Fsp3) is 0.571. The predicted molar refractivity (Wildman–Crippen MR) is 68.9 cm³/mol. The summed E-state index contributed by atoms with van der Waals surface area (Å²) in [5.74, 6) is 0.978. The minimum absolute atomic E-state index is 0.156. The molecule has 0 radical (unpaired) electrons. The molecule has 1 rings (SSSR count). The number of unbranched alkanes of at least 4 members (excludes halogenated alkanes) is 1. The molecular formula is C14H23NO. The van der Waals surface area contributed by atoms with E-state index in [4.69, 9.17) is 10.5 Å². The van der Waals surface area contributed by atoms with E-state index < -0.39 is 0 Å². The van der Waals surface area contributed by atoms with Gasteiger partial charge in [0.2, 0.25) is 0 Å². The number of hydrogen-bond acceptors (Lipinski definition) is 2. The van der Waals surface area contributed by atoms with Crippen LogP contribution in [0.15, 0.2) is 12.1 Å². The van der Waals surface area contributed by atoms with Gasteiger partial charge in [-0.15, -0.1) is 0 Å². The maximum absolute atomic E-state index is 6.17. The molecule has 90 valence electrons. The van der Waals surface area contributed by atoms with Crippen molar-refractivity contribution in [2.75, 3.05) is 7.11 Å². The Kier molecular flexibility index (Phi) is 4.81. The van der Waals surface area contributed by atoms with Gasteiger partial charge in [0.15, 0.2) is 0 Å². The molecule has 0 spiro atoms. The summed E-state index contributed by atoms with van der Waals surface area (Å²) in [6, 6.07) is 4.45. The first-order chi connectivity index (χ1) is 7.60. The standard InChI is InChI=1S/C14H23NO/c1-5-6-7-13(15)12-8-10(2)14(16-4)11(3)9-12/h8-9,13H,5-7,15H2,1-4H3. The zero-order chi connectivity index (χ0) is 12.1. The summed E-state index contributed by atoms with van der Waals surface area (Å²) in [4.78, 5) is 0. The van der Waals surface area contributed by atoms with Crippen LogP contribution in [0.25, 0.3) is 0 Å². The van der Waals surface area contributed by atoms with Crippen LogP contribution in [-0.2, 0) is 0 Å². The second-order valence-corrected chi connectivity index (χ2v) is 4.44. The number of ether oxygens (including phenoxy) is 1. The van der Waals surface area contributed by atoms with Crippen LogP contribution >= 0.6 is 0 Å². The van der Waals surface area contributed by atoms with Crippen molar-refractivity contribution in [3.8, 4) is 5.75 Å². The predicted octanol–water partition coefficient (Wildman–Crippen LogP) is 3.50. The highest BCUT2D eigenvalue weighted by molar-refractivity contribution is 5.44. The largest absolute Gasteiger partial charge is 0.496 e. The van der Waals surface area contributed by atoms with E-state index in [1.807, 2.05) is 0 Å². The van der Waals surface area contributed by atoms with E-state index in [0.717, 1.165) is 12.2 Å². The fourth-order valence-corrected chi connectivity index (χ4v) is 2.11. The number of aryl methyl sites for hydroxylation is 2. The van der Waals surface area contributed by atoms with E-state index in [-0.39, 0.29) is 6.04 Å². The smallest absolute Gasteiger partial charge is 0.124 e. The Balaban J connectivity index is 2.90. The Labute approximate surface area is 98.8 Å². The van der Waals surface area contributed by atoms with Gasteiger partial charge < -0.3 is 10.5 Å². The summed E-state index contributed by atoms with van der Waals surface area (Å²) in [6.45, 7) is 6.33. The Bertz CT molecular complexity index is 324. The SMILES string of the molecule is CCCCC(N)c1cc(C)c(OC)c(C)c1. The molecule has 0 aliphatic rings. The number of benzene rings is 1. The maximum atomic E-state index is 6.17. The lowest BCUT2D eigenvalue weighted by Crippen LogP contribution is -2.11. The molecule has 0 aliphatic heterocycles. The van der Waals surface area contributed by atoms with E-state index in [1.54, 1.807) is 7.11 Å². The van der Waals surface area contributed by atoms with Crippen LogP contribution in [0.3, 0.4) is 0 Å². The van der Waals surface area contributed by atoms with E-state index >= 15 is 0 Å². The molecular weight excluding hydrogens is 198 g/mol. The van der Waals surface area contributed by atoms with Crippen LogP contribution in [0.1, 0.15) is 48.9 Å². The minimum Gasteiger partial charge on any atom is -0.496 e. The number of hydrogen-bond donors (Lipinski definition) is 1. The summed E-state index contributed by atoms with van der Waals surface area (Å²) >= 11 is 0. The van der Waals surface area contributed by atoms with Crippen molar-refractivity contribution in [2.45, 2.75) is 46.1 Å². The average Bonchev–Trinajstić information content (AvgIpc) is 2.25. The molecule has 0 heterocycles. The average molecular weight is 221 g/mol. The van der Waals surface area contributed by atoms with Gasteiger partial charge in [-0.05, 0) is 37.0 Å². The molecule has 0 aromatic heterocycles. The Morgan fingerprint density at radius 1 is 1.25 bits per heavy atom. The molecule has 0 saturated carbocycles. The highest BCUT2D eigenvalue weighted by Gasteiger charge is 2.10. The molecule has 0 fully saturated rings. The maximum Gasteiger partial charge on any atom is 0.124 e. The second-order valence-electron chi connectivity index (χ2n) is 4.44. The Morgan fingerprint density at radius 3 is 2.25 bits per heavy atom. The number of nitrogens with two attached hydrogens (primary N) is 1. The van der Waals surface area contributed by atoms with Crippen molar-refractivity contribution >= 4 is 0 Å². The number of rotatable bonds is 5. The van der Waals surface area contributed by atoms with Crippen molar-refractivity contribution in [2.24, 2.45) is 5.73 Å². The summed E-state index contributed by atoms with van der Waals surface area (Å²) in [6.07, 6.45) is 3.44. The van der Waals surface area contributed by atoms with Crippen molar-refractivity contribution in [3.05, 3.63) is 28.8 Å². The third-order valence-corrected chi connectivity index (χ3v) is 2.98. The van der Waals surface area contributed by atoms with Crippen LogP contribution in [0.4, 0.5) is 0 Å². The van der Waals surface area contributed by atoms with E-state index in [2.05, 4.69) is 32.9 Å². The normalized spacial score (nSPS) is 12.6. The third-order valence-electron chi connectivity index (χ3n) is 2.98. The molecule has 1 unspecified atom stereocenters. The summed E-state index contributed by atoms with van der Waals surface area (Å²) in [5, 5.41) is 0. The molecule has 0 bridgehead atoms. The van der Waals surface area contributed by atoms with Gasteiger partial charge in [-0.2, -0.15) is 0 Å². The molecule has 1 aromatic rings. The van der Waals surface area contributed by atoms with Crippen LogP contribution in [-0.4, -0.2) is 7.11 Å². The molecule has 1 atom stereocenters. The van der Waals surface area contributed by atoms with Crippen LogP contribution < -0.4 is 10.5 Å². The molecule has 0 amide bonds. The topological polar surface area (TPSA) is 35.2 Å². The lowest BCUT2D eigenvalue weighted by Gasteiger charge is -2.16. The highest BCUT2D eigenvalue weighted by atomic mass is 16.5. The van der Waals surface area contributed by atoms with Crippen molar-refractivity contribution in [1.29, 1.82) is 0 Å². The molecule has 0 aliphatic carbocycles. The van der Waals surface area contributed by atoms with Crippen molar-refractivity contribution < 1.29 is 4.74 Å². The molecule has 1 aromatic carbocycles. The van der Waals surface area contributed by atoms with E-state index in [1.165, 1.54) is 29.5 Å². The summed E-state index contributed by atoms with van der Waals surface area (Å²) in [5.41, 5.74) is 9.74. The molecule has 2 N–H and O–H groups in total. The molecule has 2 nitrogen and oxygen atoms in total. The Morgan fingerprint density at radius 2 is 1.81 bits per heavy atom. The van der Waals surface area contributed by atoms with Gasteiger partial charge in [-0.3, -0.25) is 0 Å². The zero-order valence-electron chi connectivity index (χ0n) is 10.8. The van der Waals surface area contributed by atoms with Crippen molar-refractivity contribution in [1.82, 2.24) is 0 Å². The highest BCUT2D eigenvalue weighted by Crippen LogP contribution is 2.27.